The molecule has 3 atom stereocenters. The first-order valence-corrected chi connectivity index (χ1v) is 7.17. The highest BCUT2D eigenvalue weighted by Crippen LogP contribution is 2.28. The summed E-state index contributed by atoms with van der Waals surface area (Å²) in [5, 5.41) is 6.56. The van der Waals surface area contributed by atoms with Crippen LogP contribution in [0.2, 0.25) is 0 Å². The van der Waals surface area contributed by atoms with E-state index in [1.165, 1.54) is 12.8 Å². The van der Waals surface area contributed by atoms with Gasteiger partial charge in [0.2, 0.25) is 5.91 Å². The van der Waals surface area contributed by atoms with Crippen molar-refractivity contribution in [2.75, 3.05) is 19.6 Å². The average Bonchev–Trinajstić information content (AvgIpc) is 2.73. The van der Waals surface area contributed by atoms with Crippen LogP contribution in [0, 0.1) is 5.92 Å². The molecule has 2 heterocycles. The summed E-state index contributed by atoms with van der Waals surface area (Å²) in [6.07, 6.45) is 2.53. The molecule has 18 heavy (non-hydrogen) atoms. The van der Waals surface area contributed by atoms with E-state index in [0.29, 0.717) is 6.04 Å². The van der Waals surface area contributed by atoms with Crippen molar-refractivity contribution in [3.05, 3.63) is 0 Å². The van der Waals surface area contributed by atoms with Gasteiger partial charge in [0.05, 0.1) is 6.04 Å². The molecule has 1 amide bonds. The van der Waals surface area contributed by atoms with Gasteiger partial charge in [-0.3, -0.25) is 9.69 Å². The molecular formula is C14H27N3O. The molecule has 0 aromatic carbocycles. The molecule has 3 unspecified atom stereocenters. The van der Waals surface area contributed by atoms with Crippen molar-refractivity contribution in [2.45, 2.75) is 58.2 Å². The topological polar surface area (TPSA) is 44.4 Å². The fourth-order valence-corrected chi connectivity index (χ4v) is 3.21. The predicted molar refractivity (Wildman–Crippen MR) is 73.4 cm³/mol. The molecule has 0 aromatic rings. The number of piperidine rings is 1. The Morgan fingerprint density at radius 1 is 1.39 bits per heavy atom. The molecule has 2 aliphatic heterocycles. The summed E-state index contributed by atoms with van der Waals surface area (Å²) in [4.78, 5) is 14.7. The van der Waals surface area contributed by atoms with Gasteiger partial charge < -0.3 is 10.6 Å². The van der Waals surface area contributed by atoms with Gasteiger partial charge in [-0.25, -0.2) is 0 Å². The van der Waals surface area contributed by atoms with Crippen LogP contribution in [-0.4, -0.2) is 48.1 Å². The van der Waals surface area contributed by atoms with Crippen LogP contribution in [0.4, 0.5) is 0 Å². The van der Waals surface area contributed by atoms with Crippen molar-refractivity contribution in [2.24, 2.45) is 5.92 Å². The van der Waals surface area contributed by atoms with E-state index < -0.39 is 0 Å². The van der Waals surface area contributed by atoms with Gasteiger partial charge in [-0.15, -0.1) is 0 Å². The number of nitrogens with one attached hydrogen (secondary N) is 2. The standard InChI is InChI=1S/C14H27N3O/c1-10(13(18)16-14(2,3)4)17-7-5-6-11-8-15-9-12(11)17/h10-12,15H,5-9H2,1-4H3,(H,16,18). The molecule has 0 bridgehead atoms. The zero-order chi connectivity index (χ0) is 13.3. The summed E-state index contributed by atoms with van der Waals surface area (Å²) in [5.74, 6) is 0.902. The van der Waals surface area contributed by atoms with Crippen LogP contribution >= 0.6 is 0 Å². The van der Waals surface area contributed by atoms with Crippen LogP contribution in [0.1, 0.15) is 40.5 Å². The number of fused-ring (bicyclic) bond motifs is 1. The Labute approximate surface area is 110 Å². The van der Waals surface area contributed by atoms with Crippen LogP contribution in [0.15, 0.2) is 0 Å². The third-order valence-electron chi connectivity index (χ3n) is 4.10. The highest BCUT2D eigenvalue weighted by molar-refractivity contribution is 5.82. The lowest BCUT2D eigenvalue weighted by atomic mass is 9.90. The number of rotatable bonds is 2. The maximum absolute atomic E-state index is 12.3. The SMILES string of the molecule is CC(C(=O)NC(C)(C)C)N1CCCC2CNCC21. The van der Waals surface area contributed by atoms with Crippen molar-refractivity contribution in [1.82, 2.24) is 15.5 Å². The minimum atomic E-state index is -0.144. The monoisotopic (exact) mass is 253 g/mol. The number of hydrogen-bond donors (Lipinski definition) is 2. The van der Waals surface area contributed by atoms with E-state index in [-0.39, 0.29) is 17.5 Å². The van der Waals surface area contributed by atoms with Crippen molar-refractivity contribution in [1.29, 1.82) is 0 Å². The third kappa shape index (κ3) is 3.04. The zero-order valence-corrected chi connectivity index (χ0v) is 12.1. The Morgan fingerprint density at radius 2 is 2.11 bits per heavy atom. The molecule has 0 aliphatic carbocycles. The quantitative estimate of drug-likeness (QED) is 0.771. The number of hydrogen-bond acceptors (Lipinski definition) is 3. The fourth-order valence-electron chi connectivity index (χ4n) is 3.21. The summed E-state index contributed by atoms with van der Waals surface area (Å²) in [5.41, 5.74) is -0.144. The molecule has 0 aromatic heterocycles. The molecule has 0 saturated carbocycles. The number of carbonyl (C=O) groups excluding carboxylic acids is 1. The first kappa shape index (κ1) is 13.8. The second-order valence-electron chi connectivity index (χ2n) is 6.78. The van der Waals surface area contributed by atoms with Gasteiger partial charge in [0.15, 0.2) is 0 Å². The van der Waals surface area contributed by atoms with Crippen molar-refractivity contribution in [3.63, 3.8) is 0 Å². The molecule has 0 spiro atoms. The molecule has 2 N–H and O–H groups in total. The van der Waals surface area contributed by atoms with Crippen molar-refractivity contribution < 1.29 is 4.79 Å². The average molecular weight is 253 g/mol. The summed E-state index contributed by atoms with van der Waals surface area (Å²) < 4.78 is 0. The van der Waals surface area contributed by atoms with Gasteiger partial charge in [0.1, 0.15) is 0 Å². The maximum Gasteiger partial charge on any atom is 0.237 e. The van der Waals surface area contributed by atoms with Gasteiger partial charge >= 0.3 is 0 Å². The Hall–Kier alpha value is -0.610. The molecule has 2 saturated heterocycles. The number of likely N-dealkylation sites (tertiary alicyclic amines) is 1. The number of amides is 1. The van der Waals surface area contributed by atoms with Crippen LogP contribution < -0.4 is 10.6 Å². The van der Waals surface area contributed by atoms with Crippen LogP contribution in [0.5, 0.6) is 0 Å². The Bertz CT molecular complexity index is 311. The smallest absolute Gasteiger partial charge is 0.237 e. The van der Waals surface area contributed by atoms with Crippen LogP contribution in [0.3, 0.4) is 0 Å². The lowest BCUT2D eigenvalue weighted by Gasteiger charge is -2.41. The first-order valence-electron chi connectivity index (χ1n) is 7.17. The van der Waals surface area contributed by atoms with E-state index in [9.17, 15) is 4.79 Å². The zero-order valence-electron chi connectivity index (χ0n) is 12.1. The molecule has 4 heteroatoms. The lowest BCUT2D eigenvalue weighted by Crippen LogP contribution is -2.56. The Balaban J connectivity index is 1.99. The van der Waals surface area contributed by atoms with Gasteiger partial charge in [-0.2, -0.15) is 0 Å². The van der Waals surface area contributed by atoms with E-state index in [2.05, 4.69) is 15.5 Å². The van der Waals surface area contributed by atoms with Crippen molar-refractivity contribution >= 4 is 5.91 Å². The highest BCUT2D eigenvalue weighted by Gasteiger charge is 2.39. The molecule has 2 rings (SSSR count). The molecule has 0 radical (unpaired) electrons. The molecule has 2 aliphatic rings. The largest absolute Gasteiger partial charge is 0.350 e. The molecule has 104 valence electrons. The van der Waals surface area contributed by atoms with E-state index >= 15 is 0 Å². The second-order valence-corrected chi connectivity index (χ2v) is 6.78. The minimum Gasteiger partial charge on any atom is -0.350 e. The Morgan fingerprint density at radius 3 is 2.78 bits per heavy atom. The predicted octanol–water partition coefficient (Wildman–Crippen LogP) is 0.973. The maximum atomic E-state index is 12.3. The van der Waals surface area contributed by atoms with Gasteiger partial charge in [0, 0.05) is 18.1 Å². The normalized spacial score (nSPS) is 30.9. The van der Waals surface area contributed by atoms with E-state index in [1.54, 1.807) is 0 Å². The van der Waals surface area contributed by atoms with Crippen LogP contribution in [-0.2, 0) is 4.79 Å². The first-order chi connectivity index (χ1) is 8.38. The Kier molecular flexibility index (Phi) is 3.97. The van der Waals surface area contributed by atoms with Crippen molar-refractivity contribution in [3.8, 4) is 0 Å². The summed E-state index contributed by atoms with van der Waals surface area (Å²) >= 11 is 0. The fraction of sp³-hybridized carbons (Fsp3) is 0.929. The molecule has 2 fully saturated rings. The van der Waals surface area contributed by atoms with E-state index in [1.807, 2.05) is 27.7 Å². The lowest BCUT2D eigenvalue weighted by molar-refractivity contribution is -0.129. The second kappa shape index (κ2) is 5.17. The van der Waals surface area contributed by atoms with E-state index in [0.717, 1.165) is 25.6 Å². The number of nitrogens with zero attached hydrogens (tertiary/aromatic N) is 1. The number of carbonyl (C=O) groups is 1. The highest BCUT2D eigenvalue weighted by atomic mass is 16.2. The van der Waals surface area contributed by atoms with E-state index in [4.69, 9.17) is 0 Å². The minimum absolute atomic E-state index is 0.0167. The summed E-state index contributed by atoms with van der Waals surface area (Å²) in [6.45, 7) is 11.4. The van der Waals surface area contributed by atoms with Crippen LogP contribution in [0.25, 0.3) is 0 Å². The van der Waals surface area contributed by atoms with Gasteiger partial charge in [0.25, 0.3) is 0 Å². The molecular weight excluding hydrogens is 226 g/mol. The molecule has 4 nitrogen and oxygen atoms in total. The van der Waals surface area contributed by atoms with Gasteiger partial charge in [-0.05, 0) is 59.5 Å². The summed E-state index contributed by atoms with van der Waals surface area (Å²) in [6, 6.07) is 0.538. The third-order valence-corrected chi connectivity index (χ3v) is 4.10. The van der Waals surface area contributed by atoms with Gasteiger partial charge in [-0.1, -0.05) is 0 Å². The summed E-state index contributed by atoms with van der Waals surface area (Å²) in [7, 11) is 0.